The molecule has 0 fully saturated rings. The Bertz CT molecular complexity index is 2500. The number of carbonyl (C=O) groups excluding carboxylic acids is 2. The summed E-state index contributed by atoms with van der Waals surface area (Å²) in [6.45, 7) is 7.36. The van der Waals surface area contributed by atoms with E-state index in [0.717, 1.165) is 82.7 Å². The zero-order valence-electron chi connectivity index (χ0n) is 36.6. The number of nitrogens with zero attached hydrogens (tertiary/aromatic N) is 4. The zero-order valence-corrected chi connectivity index (χ0v) is 38.3. The number of thiazole rings is 2. The maximum Gasteiger partial charge on any atom is 0.205 e. The molecule has 0 saturated heterocycles. The van der Waals surface area contributed by atoms with Crippen LogP contribution in [-0.4, -0.2) is 50.3 Å². The van der Waals surface area contributed by atoms with Crippen molar-refractivity contribution in [3.8, 4) is 34.0 Å². The van der Waals surface area contributed by atoms with E-state index in [2.05, 4.69) is 23.6 Å². The predicted octanol–water partition coefficient (Wildman–Crippen LogP) is 12.3. The number of benzene rings is 6. The van der Waals surface area contributed by atoms with E-state index >= 15 is 0 Å². The normalized spacial score (nSPS) is 10.6. The summed E-state index contributed by atoms with van der Waals surface area (Å²) >= 11 is 2.91. The first-order valence-corrected chi connectivity index (χ1v) is 23.3. The van der Waals surface area contributed by atoms with Gasteiger partial charge in [-0.25, -0.2) is 9.97 Å². The summed E-state index contributed by atoms with van der Waals surface area (Å²) in [6, 6.07) is 53.1. The minimum absolute atomic E-state index is 0. The van der Waals surface area contributed by atoms with Crippen LogP contribution in [0.15, 0.2) is 170 Å². The Hall–Kier alpha value is -6.92. The van der Waals surface area contributed by atoms with E-state index in [0.29, 0.717) is 34.0 Å². The van der Waals surface area contributed by atoms with Gasteiger partial charge in [0, 0.05) is 48.4 Å². The number of hydrogen-bond donors (Lipinski definition) is 2. The first-order valence-electron chi connectivity index (χ1n) is 21.7. The highest BCUT2D eigenvalue weighted by molar-refractivity contribution is 7.18. The Morgan fingerprint density at radius 2 is 0.800 bits per heavy atom. The van der Waals surface area contributed by atoms with Crippen LogP contribution in [0.5, 0.6) is 11.5 Å². The SMILES string of the molecule is CCCCN(Cc1ccc(O)cc1)c1nc(-c2ccccc2)c(C(=O)c2ccccc2)s1.CCCCN(Cc1ccc(O)cc1)c1nc(-c2ccccc2)c(C(=O)c2ccccc2)s1.O. The molecule has 6 aromatic carbocycles. The molecule has 332 valence electrons. The molecule has 0 saturated carbocycles. The lowest BCUT2D eigenvalue weighted by atomic mass is 10.1. The van der Waals surface area contributed by atoms with Gasteiger partial charge in [0.2, 0.25) is 11.6 Å². The molecule has 0 atom stereocenters. The summed E-state index contributed by atoms with van der Waals surface area (Å²) in [5.41, 5.74) is 6.84. The van der Waals surface area contributed by atoms with Crippen molar-refractivity contribution >= 4 is 44.5 Å². The minimum Gasteiger partial charge on any atom is -0.508 e. The van der Waals surface area contributed by atoms with Gasteiger partial charge in [-0.3, -0.25) is 9.59 Å². The molecule has 4 N–H and O–H groups in total. The third-order valence-electron chi connectivity index (χ3n) is 10.5. The topological polar surface area (TPSA) is 138 Å². The van der Waals surface area contributed by atoms with Gasteiger partial charge in [0.25, 0.3) is 0 Å². The first kappa shape index (κ1) is 47.6. The molecule has 2 heterocycles. The minimum atomic E-state index is -0.00622. The molecule has 0 unspecified atom stereocenters. The fourth-order valence-corrected chi connectivity index (χ4v) is 9.20. The van der Waals surface area contributed by atoms with Gasteiger partial charge in [-0.2, -0.15) is 0 Å². The van der Waals surface area contributed by atoms with E-state index < -0.39 is 0 Å². The smallest absolute Gasteiger partial charge is 0.205 e. The number of carbonyl (C=O) groups is 2. The molecule has 0 amide bonds. The van der Waals surface area contributed by atoms with Crippen LogP contribution >= 0.6 is 22.7 Å². The van der Waals surface area contributed by atoms with Gasteiger partial charge in [0.1, 0.15) is 21.3 Å². The molecular weight excluding hydrogens is 849 g/mol. The molecule has 9 nitrogen and oxygen atoms in total. The quantitative estimate of drug-likeness (QED) is 0.0812. The number of aromatic nitrogens is 2. The second-order valence-electron chi connectivity index (χ2n) is 15.4. The van der Waals surface area contributed by atoms with Gasteiger partial charge in [0.05, 0.1) is 11.4 Å². The van der Waals surface area contributed by atoms with E-state index in [-0.39, 0.29) is 28.5 Å². The van der Waals surface area contributed by atoms with Crippen LogP contribution in [0.3, 0.4) is 0 Å². The standard InChI is InChI=1S/2C27H26N2O2S.H2O/c2*1-2-3-18-29(19-20-14-16-23(30)17-15-20)27-28-24(21-10-6-4-7-11-21)26(32-27)25(31)22-12-8-5-9-13-22;/h2*4-17,30H,2-3,18-19H2,1H3;1H2. The molecule has 0 aliphatic rings. The Labute approximate surface area is 389 Å². The highest BCUT2D eigenvalue weighted by atomic mass is 32.1. The molecule has 8 aromatic rings. The van der Waals surface area contributed by atoms with Crippen LogP contribution < -0.4 is 9.80 Å². The Morgan fingerprint density at radius 1 is 0.477 bits per heavy atom. The predicted molar refractivity (Wildman–Crippen MR) is 267 cm³/mol. The highest BCUT2D eigenvalue weighted by Crippen LogP contribution is 2.37. The van der Waals surface area contributed by atoms with Crippen LogP contribution in [0.1, 0.15) is 81.1 Å². The highest BCUT2D eigenvalue weighted by Gasteiger charge is 2.25. The van der Waals surface area contributed by atoms with E-state index in [1.54, 1.807) is 24.3 Å². The van der Waals surface area contributed by atoms with Crippen molar-refractivity contribution in [3.63, 3.8) is 0 Å². The van der Waals surface area contributed by atoms with Crippen LogP contribution in [0.4, 0.5) is 10.3 Å². The van der Waals surface area contributed by atoms with Gasteiger partial charge >= 0.3 is 0 Å². The van der Waals surface area contributed by atoms with Crippen LogP contribution in [-0.2, 0) is 13.1 Å². The maximum atomic E-state index is 13.4. The monoisotopic (exact) mass is 902 g/mol. The van der Waals surface area contributed by atoms with E-state index in [1.807, 2.05) is 146 Å². The molecular formula is C54H54N4O5S2. The summed E-state index contributed by atoms with van der Waals surface area (Å²) in [7, 11) is 0. The Balaban J connectivity index is 0.000000212. The molecule has 0 spiro atoms. The van der Waals surface area contributed by atoms with Crippen molar-refractivity contribution in [2.75, 3.05) is 22.9 Å². The lowest BCUT2D eigenvalue weighted by Gasteiger charge is -2.21. The number of phenols is 2. The number of rotatable bonds is 18. The van der Waals surface area contributed by atoms with Crippen molar-refractivity contribution in [2.24, 2.45) is 0 Å². The van der Waals surface area contributed by atoms with Gasteiger partial charge in [-0.05, 0) is 48.2 Å². The van der Waals surface area contributed by atoms with Crippen molar-refractivity contribution in [1.82, 2.24) is 9.97 Å². The number of phenolic OH excluding ortho intramolecular Hbond substituents is 2. The van der Waals surface area contributed by atoms with Crippen LogP contribution in [0, 0.1) is 0 Å². The van der Waals surface area contributed by atoms with Gasteiger partial charge in [0.15, 0.2) is 10.3 Å². The van der Waals surface area contributed by atoms with Crippen LogP contribution in [0.2, 0.25) is 0 Å². The molecule has 11 heteroatoms. The van der Waals surface area contributed by atoms with E-state index in [1.165, 1.54) is 22.7 Å². The lowest BCUT2D eigenvalue weighted by Crippen LogP contribution is -2.23. The third-order valence-corrected chi connectivity index (χ3v) is 12.8. The van der Waals surface area contributed by atoms with E-state index in [9.17, 15) is 19.8 Å². The molecule has 2 aromatic heterocycles. The number of anilines is 2. The number of unbranched alkanes of at least 4 members (excludes halogenated alkanes) is 2. The Kier molecular flexibility index (Phi) is 17.3. The van der Waals surface area contributed by atoms with E-state index in [4.69, 9.17) is 9.97 Å². The summed E-state index contributed by atoms with van der Waals surface area (Å²) in [5.74, 6) is 0.497. The average Bonchev–Trinajstić information content (AvgIpc) is 4.00. The average molecular weight is 903 g/mol. The van der Waals surface area contributed by atoms with Crippen molar-refractivity contribution in [2.45, 2.75) is 52.6 Å². The summed E-state index contributed by atoms with van der Waals surface area (Å²) in [4.78, 5) is 42.5. The van der Waals surface area contributed by atoms with Gasteiger partial charge in [-0.1, -0.05) is 195 Å². The molecule has 0 radical (unpaired) electrons. The molecule has 0 aliphatic heterocycles. The van der Waals surface area contributed by atoms with Gasteiger partial charge < -0.3 is 25.5 Å². The molecule has 8 rings (SSSR count). The molecule has 0 aliphatic carbocycles. The molecule has 0 bridgehead atoms. The van der Waals surface area contributed by atoms with Crippen molar-refractivity contribution < 1.29 is 25.3 Å². The molecule has 65 heavy (non-hydrogen) atoms. The number of aromatic hydroxyl groups is 2. The Morgan fingerprint density at radius 3 is 1.12 bits per heavy atom. The van der Waals surface area contributed by atoms with Crippen LogP contribution in [0.25, 0.3) is 22.5 Å². The first-order chi connectivity index (χ1) is 31.3. The largest absolute Gasteiger partial charge is 0.508 e. The van der Waals surface area contributed by atoms with Crippen molar-refractivity contribution in [1.29, 1.82) is 0 Å². The fraction of sp³-hybridized carbons (Fsp3) is 0.185. The zero-order chi connectivity index (χ0) is 44.7. The summed E-state index contributed by atoms with van der Waals surface area (Å²) in [5, 5.41) is 20.9. The number of ketones is 2. The second-order valence-corrected chi connectivity index (χ2v) is 17.3. The fourth-order valence-electron chi connectivity index (χ4n) is 7.05. The number of hydrogen-bond acceptors (Lipinski definition) is 10. The maximum absolute atomic E-state index is 13.4. The van der Waals surface area contributed by atoms with Gasteiger partial charge in [-0.15, -0.1) is 0 Å². The third kappa shape index (κ3) is 12.6. The lowest BCUT2D eigenvalue weighted by molar-refractivity contribution is 0.103. The second kappa shape index (κ2) is 23.7. The summed E-state index contributed by atoms with van der Waals surface area (Å²) in [6.07, 6.45) is 4.19. The summed E-state index contributed by atoms with van der Waals surface area (Å²) < 4.78 is 0. The van der Waals surface area contributed by atoms with Crippen molar-refractivity contribution in [3.05, 3.63) is 202 Å².